The lowest BCUT2D eigenvalue weighted by atomic mass is 9.99. The number of oxime groups is 1. The molecule has 0 radical (unpaired) electrons. The number of benzene rings is 1. The Kier molecular flexibility index (Phi) is 4.22. The summed E-state index contributed by atoms with van der Waals surface area (Å²) >= 11 is 1.59. The van der Waals surface area contributed by atoms with Gasteiger partial charge in [0.25, 0.3) is 5.91 Å². The molecule has 2 aliphatic rings. The number of nitrogens with zero attached hydrogens (tertiary/aromatic N) is 2. The molecule has 0 aromatic heterocycles. The maximum Gasteiger partial charge on any atom is 0.265 e. The van der Waals surface area contributed by atoms with Gasteiger partial charge in [-0.15, -0.1) is 0 Å². The molecule has 3 rings (SSSR count). The number of nitriles is 1. The summed E-state index contributed by atoms with van der Waals surface area (Å²) in [5.41, 5.74) is -0.738. The molecule has 0 aliphatic carbocycles. The molecule has 1 fully saturated rings. The third-order valence-electron chi connectivity index (χ3n) is 3.80. The van der Waals surface area contributed by atoms with Crippen LogP contribution in [0.2, 0.25) is 0 Å². The van der Waals surface area contributed by atoms with E-state index in [0.29, 0.717) is 12.2 Å². The Hall–Kier alpha value is -2.14. The molecule has 2 aliphatic heterocycles. The Balaban J connectivity index is 1.68. The lowest BCUT2D eigenvalue weighted by Gasteiger charge is -2.22. The minimum atomic E-state index is -0.941. The SMILES string of the molecule is N#C[C@@]1(NC(=O)[C@H]2CC(c3cc(F)ccc3F)=NO2)CCSC1. The van der Waals surface area contributed by atoms with E-state index in [9.17, 15) is 18.8 Å². The van der Waals surface area contributed by atoms with Gasteiger partial charge in [0, 0.05) is 17.7 Å². The molecule has 23 heavy (non-hydrogen) atoms. The van der Waals surface area contributed by atoms with E-state index in [0.717, 1.165) is 24.0 Å². The van der Waals surface area contributed by atoms with E-state index < -0.39 is 29.2 Å². The van der Waals surface area contributed by atoms with Crippen molar-refractivity contribution in [1.82, 2.24) is 5.32 Å². The van der Waals surface area contributed by atoms with Crippen LogP contribution in [0, 0.1) is 23.0 Å². The predicted molar refractivity (Wildman–Crippen MR) is 80.8 cm³/mol. The van der Waals surface area contributed by atoms with Crippen LogP contribution in [0.25, 0.3) is 0 Å². The third kappa shape index (κ3) is 3.15. The number of halogens is 2. The lowest BCUT2D eigenvalue weighted by Crippen LogP contribution is -2.51. The van der Waals surface area contributed by atoms with Crippen molar-refractivity contribution in [3.05, 3.63) is 35.4 Å². The first-order valence-corrected chi connectivity index (χ1v) is 8.18. The standard InChI is InChI=1S/C15H13F2N3O2S/c16-9-1-2-11(17)10(5-9)12-6-13(22-20-12)14(21)19-15(7-18)3-4-23-8-15/h1-2,5,13H,3-4,6,8H2,(H,19,21)/t13-,15+/m1/s1. The fourth-order valence-corrected chi connectivity index (χ4v) is 3.76. The van der Waals surface area contributed by atoms with Gasteiger partial charge in [0.05, 0.1) is 11.8 Å². The molecular formula is C15H13F2N3O2S. The van der Waals surface area contributed by atoms with Gasteiger partial charge in [-0.25, -0.2) is 8.78 Å². The Morgan fingerprint density at radius 3 is 3.04 bits per heavy atom. The first-order valence-electron chi connectivity index (χ1n) is 7.02. The van der Waals surface area contributed by atoms with E-state index in [4.69, 9.17) is 4.84 Å². The first-order chi connectivity index (χ1) is 11.0. The van der Waals surface area contributed by atoms with Gasteiger partial charge >= 0.3 is 0 Å². The highest BCUT2D eigenvalue weighted by Crippen LogP contribution is 2.28. The second-order valence-corrected chi connectivity index (χ2v) is 6.55. The van der Waals surface area contributed by atoms with Gasteiger partial charge in [-0.3, -0.25) is 4.79 Å². The molecule has 0 bridgehead atoms. The van der Waals surface area contributed by atoms with Crippen LogP contribution in [0.5, 0.6) is 0 Å². The zero-order valence-corrected chi connectivity index (χ0v) is 12.8. The number of thioether (sulfide) groups is 1. The normalized spacial score (nSPS) is 26.3. The molecule has 1 N–H and O–H groups in total. The van der Waals surface area contributed by atoms with Crippen molar-refractivity contribution < 1.29 is 18.4 Å². The van der Waals surface area contributed by atoms with Crippen molar-refractivity contribution in [2.75, 3.05) is 11.5 Å². The number of carbonyl (C=O) groups excluding carboxylic acids is 1. The van der Waals surface area contributed by atoms with Crippen molar-refractivity contribution in [3.8, 4) is 6.07 Å². The zero-order chi connectivity index (χ0) is 16.4. The number of nitrogens with one attached hydrogen (secondary N) is 1. The van der Waals surface area contributed by atoms with Crippen LogP contribution in [0.1, 0.15) is 18.4 Å². The fourth-order valence-electron chi connectivity index (χ4n) is 2.49. The van der Waals surface area contributed by atoms with Gasteiger partial charge in [0.1, 0.15) is 17.2 Å². The van der Waals surface area contributed by atoms with E-state index in [1.165, 1.54) is 0 Å². The van der Waals surface area contributed by atoms with Gasteiger partial charge in [-0.1, -0.05) is 5.16 Å². The summed E-state index contributed by atoms with van der Waals surface area (Å²) in [6.07, 6.45) is -0.344. The van der Waals surface area contributed by atoms with Crippen LogP contribution in [0.3, 0.4) is 0 Å². The molecule has 1 aromatic rings. The van der Waals surface area contributed by atoms with Crippen LogP contribution in [-0.4, -0.2) is 34.8 Å². The van der Waals surface area contributed by atoms with Crippen LogP contribution in [0.15, 0.2) is 23.4 Å². The molecule has 120 valence electrons. The quantitative estimate of drug-likeness (QED) is 0.915. The second kappa shape index (κ2) is 6.16. The average molecular weight is 337 g/mol. The highest BCUT2D eigenvalue weighted by atomic mass is 32.2. The smallest absolute Gasteiger partial charge is 0.265 e. The summed E-state index contributed by atoms with van der Waals surface area (Å²) in [6.45, 7) is 0. The minimum Gasteiger partial charge on any atom is -0.382 e. The monoisotopic (exact) mass is 337 g/mol. The predicted octanol–water partition coefficient (Wildman–Crippen LogP) is 1.97. The first kappa shape index (κ1) is 15.7. The summed E-state index contributed by atoms with van der Waals surface area (Å²) in [5, 5.41) is 15.7. The highest BCUT2D eigenvalue weighted by molar-refractivity contribution is 7.99. The van der Waals surface area contributed by atoms with Gasteiger partial charge in [-0.05, 0) is 30.4 Å². The molecule has 0 saturated carbocycles. The summed E-state index contributed by atoms with van der Waals surface area (Å²) in [6, 6.07) is 5.16. The fraction of sp³-hybridized carbons (Fsp3) is 0.400. The van der Waals surface area contributed by atoms with Gasteiger partial charge in [0.2, 0.25) is 6.10 Å². The van der Waals surface area contributed by atoms with Crippen molar-refractivity contribution in [1.29, 1.82) is 5.26 Å². The van der Waals surface area contributed by atoms with Crippen LogP contribution in [-0.2, 0) is 9.63 Å². The summed E-state index contributed by atoms with van der Waals surface area (Å²) < 4.78 is 27.0. The summed E-state index contributed by atoms with van der Waals surface area (Å²) in [5.74, 6) is -0.368. The molecule has 8 heteroatoms. The van der Waals surface area contributed by atoms with E-state index in [2.05, 4.69) is 16.5 Å². The molecule has 5 nitrogen and oxygen atoms in total. The lowest BCUT2D eigenvalue weighted by molar-refractivity contribution is -0.132. The third-order valence-corrected chi connectivity index (χ3v) is 4.99. The average Bonchev–Trinajstić information content (AvgIpc) is 3.19. The largest absolute Gasteiger partial charge is 0.382 e. The van der Waals surface area contributed by atoms with Crippen molar-refractivity contribution in [2.45, 2.75) is 24.5 Å². The summed E-state index contributed by atoms with van der Waals surface area (Å²) in [7, 11) is 0. The number of carbonyl (C=O) groups is 1. The Labute approximate surface area is 135 Å². The molecule has 0 unspecified atom stereocenters. The number of amides is 1. The van der Waals surface area contributed by atoms with Crippen LogP contribution < -0.4 is 5.32 Å². The van der Waals surface area contributed by atoms with Crippen molar-refractivity contribution in [3.63, 3.8) is 0 Å². The molecular weight excluding hydrogens is 324 g/mol. The van der Waals surface area contributed by atoms with Gasteiger partial charge in [0.15, 0.2) is 0 Å². The van der Waals surface area contributed by atoms with Crippen LogP contribution >= 0.6 is 11.8 Å². The Bertz CT molecular complexity index is 711. The van der Waals surface area contributed by atoms with E-state index in [1.54, 1.807) is 11.8 Å². The van der Waals surface area contributed by atoms with Gasteiger partial charge < -0.3 is 10.2 Å². The Morgan fingerprint density at radius 2 is 2.35 bits per heavy atom. The van der Waals surface area contributed by atoms with Crippen molar-refractivity contribution in [2.24, 2.45) is 5.16 Å². The summed E-state index contributed by atoms with van der Waals surface area (Å²) in [4.78, 5) is 17.3. The zero-order valence-electron chi connectivity index (χ0n) is 12.0. The number of rotatable bonds is 3. The number of hydrogen-bond donors (Lipinski definition) is 1. The highest BCUT2D eigenvalue weighted by Gasteiger charge is 2.40. The molecule has 1 aromatic carbocycles. The minimum absolute atomic E-state index is 0.0216. The van der Waals surface area contributed by atoms with E-state index in [-0.39, 0.29) is 17.7 Å². The Morgan fingerprint density at radius 1 is 1.52 bits per heavy atom. The molecule has 0 spiro atoms. The maximum absolute atomic E-state index is 13.7. The molecule has 1 saturated heterocycles. The van der Waals surface area contributed by atoms with Gasteiger partial charge in [-0.2, -0.15) is 17.0 Å². The molecule has 2 heterocycles. The van der Waals surface area contributed by atoms with E-state index >= 15 is 0 Å². The van der Waals surface area contributed by atoms with Crippen LogP contribution in [0.4, 0.5) is 8.78 Å². The van der Waals surface area contributed by atoms with E-state index in [1.807, 2.05) is 0 Å². The second-order valence-electron chi connectivity index (χ2n) is 5.45. The molecule has 2 atom stereocenters. The molecule has 1 amide bonds. The van der Waals surface area contributed by atoms with Crippen molar-refractivity contribution >= 4 is 23.4 Å². The maximum atomic E-state index is 13.7. The number of hydrogen-bond acceptors (Lipinski definition) is 5. The topological polar surface area (TPSA) is 74.5 Å².